The van der Waals surface area contributed by atoms with E-state index in [2.05, 4.69) is 10.2 Å². The van der Waals surface area contributed by atoms with Gasteiger partial charge in [0, 0.05) is 17.8 Å². The molecule has 0 aliphatic carbocycles. The van der Waals surface area contributed by atoms with Crippen LogP contribution in [0, 0.1) is 0 Å². The van der Waals surface area contributed by atoms with Crippen molar-refractivity contribution >= 4 is 11.5 Å². The van der Waals surface area contributed by atoms with E-state index in [4.69, 9.17) is 5.11 Å². The number of nitrogens with zero attached hydrogens (tertiary/aromatic N) is 4. The first-order chi connectivity index (χ1) is 12.6. The summed E-state index contributed by atoms with van der Waals surface area (Å²) in [6, 6.07) is 17.0. The molecule has 7 nitrogen and oxygen atoms in total. The lowest BCUT2D eigenvalue weighted by Crippen LogP contribution is -2.05. The fraction of sp³-hybridized carbons (Fsp3) is 0.105. The van der Waals surface area contributed by atoms with Gasteiger partial charge in [-0.2, -0.15) is 10.2 Å². The maximum atomic E-state index is 10.8. The molecule has 0 spiro atoms. The summed E-state index contributed by atoms with van der Waals surface area (Å²) in [5.41, 5.74) is 3.88. The van der Waals surface area contributed by atoms with E-state index in [1.54, 1.807) is 4.52 Å². The van der Waals surface area contributed by atoms with E-state index in [0.717, 1.165) is 22.3 Å². The number of aromatic nitrogens is 4. The van der Waals surface area contributed by atoms with Crippen LogP contribution in [0.3, 0.4) is 0 Å². The Morgan fingerprint density at radius 3 is 2.58 bits per heavy atom. The number of aryl methyl sites for hydroxylation is 1. The third-order valence-electron chi connectivity index (χ3n) is 4.14. The molecule has 0 atom stereocenters. The van der Waals surface area contributed by atoms with Crippen molar-refractivity contribution in [3.8, 4) is 28.4 Å². The van der Waals surface area contributed by atoms with Gasteiger partial charge in [0.15, 0.2) is 0 Å². The molecule has 3 heterocycles. The molecule has 7 heteroatoms. The van der Waals surface area contributed by atoms with Crippen LogP contribution in [0.15, 0.2) is 60.8 Å². The first-order valence-electron chi connectivity index (χ1n) is 8.15. The minimum Gasteiger partial charge on any atom is -0.493 e. The molecular weight excluding hydrogens is 332 g/mol. The van der Waals surface area contributed by atoms with Crippen molar-refractivity contribution in [1.82, 2.24) is 19.4 Å². The Labute approximate surface area is 148 Å². The summed E-state index contributed by atoms with van der Waals surface area (Å²) in [4.78, 5) is 10.8. The third kappa shape index (κ3) is 2.79. The highest BCUT2D eigenvalue weighted by Crippen LogP contribution is 2.35. The Bertz CT molecular complexity index is 1080. The Kier molecular flexibility index (Phi) is 3.89. The summed E-state index contributed by atoms with van der Waals surface area (Å²) in [5, 5.41) is 28.1. The molecule has 0 bridgehead atoms. The summed E-state index contributed by atoms with van der Waals surface area (Å²) in [6.45, 7) is 0.0983. The number of aliphatic carboxylic acids is 1. The highest BCUT2D eigenvalue weighted by atomic mass is 16.4. The van der Waals surface area contributed by atoms with E-state index in [0.29, 0.717) is 5.69 Å². The van der Waals surface area contributed by atoms with E-state index in [9.17, 15) is 9.90 Å². The van der Waals surface area contributed by atoms with E-state index >= 15 is 0 Å². The molecule has 0 saturated heterocycles. The number of carbonyl (C=O) groups is 1. The minimum atomic E-state index is -0.942. The van der Waals surface area contributed by atoms with Crippen LogP contribution in [-0.2, 0) is 11.3 Å². The van der Waals surface area contributed by atoms with Crippen LogP contribution in [0.4, 0.5) is 0 Å². The molecule has 0 fully saturated rings. The van der Waals surface area contributed by atoms with Gasteiger partial charge in [-0.1, -0.05) is 36.4 Å². The number of fused-ring (bicyclic) bond motifs is 1. The largest absolute Gasteiger partial charge is 0.493 e. The molecule has 2 N–H and O–H groups in total. The second-order valence-corrected chi connectivity index (χ2v) is 5.87. The Hall–Kier alpha value is -3.61. The van der Waals surface area contributed by atoms with Gasteiger partial charge in [0.05, 0.1) is 24.0 Å². The zero-order valence-electron chi connectivity index (χ0n) is 13.8. The van der Waals surface area contributed by atoms with Crippen LogP contribution >= 0.6 is 0 Å². The second kappa shape index (κ2) is 6.36. The number of carboxylic acid groups (broad SMARTS) is 1. The summed E-state index contributed by atoms with van der Waals surface area (Å²) < 4.78 is 3.07. The number of hydrogen-bond donors (Lipinski definition) is 2. The van der Waals surface area contributed by atoms with Crippen LogP contribution in [0.2, 0.25) is 0 Å². The van der Waals surface area contributed by atoms with E-state index in [1.165, 1.54) is 10.7 Å². The number of hydrogen-bond acceptors (Lipinski definition) is 4. The van der Waals surface area contributed by atoms with Crippen molar-refractivity contribution in [2.45, 2.75) is 13.0 Å². The monoisotopic (exact) mass is 348 g/mol. The smallest absolute Gasteiger partial charge is 0.305 e. The molecule has 0 saturated carbocycles. The molecule has 130 valence electrons. The van der Waals surface area contributed by atoms with Crippen LogP contribution in [0.5, 0.6) is 5.88 Å². The van der Waals surface area contributed by atoms with E-state index in [-0.39, 0.29) is 18.8 Å². The van der Waals surface area contributed by atoms with E-state index < -0.39 is 5.97 Å². The molecule has 0 aliphatic heterocycles. The van der Waals surface area contributed by atoms with Crippen LogP contribution in [0.1, 0.15) is 6.42 Å². The summed E-state index contributed by atoms with van der Waals surface area (Å²) in [5.74, 6) is -1.02. The molecule has 26 heavy (non-hydrogen) atoms. The predicted molar refractivity (Wildman–Crippen MR) is 95.8 cm³/mol. The van der Waals surface area contributed by atoms with Crippen LogP contribution in [0.25, 0.3) is 28.0 Å². The van der Waals surface area contributed by atoms with Gasteiger partial charge in [-0.3, -0.25) is 4.79 Å². The van der Waals surface area contributed by atoms with Gasteiger partial charge in [0.1, 0.15) is 11.4 Å². The van der Waals surface area contributed by atoms with Gasteiger partial charge in [-0.25, -0.2) is 9.20 Å². The first-order valence-corrected chi connectivity index (χ1v) is 8.15. The highest BCUT2D eigenvalue weighted by molar-refractivity contribution is 5.91. The minimum absolute atomic E-state index is 0.0736. The predicted octanol–water partition coefficient (Wildman–Crippen LogP) is 3.05. The zero-order valence-corrected chi connectivity index (χ0v) is 13.8. The SMILES string of the molecule is O=C(O)CCn1nc(-c2c(-c3ccccc3)nn3ccccc23)cc1O. The lowest BCUT2D eigenvalue weighted by molar-refractivity contribution is -0.137. The number of rotatable bonds is 5. The Morgan fingerprint density at radius 2 is 1.81 bits per heavy atom. The standard InChI is InChI=1S/C19H16N4O3/c24-16-12-14(20-23(16)11-9-17(25)26)18-15-8-4-5-10-22(15)21-19(18)13-6-2-1-3-7-13/h1-8,10,12,24H,9,11H2,(H,25,26). The first kappa shape index (κ1) is 15.9. The number of benzene rings is 1. The molecule has 4 rings (SSSR count). The second-order valence-electron chi connectivity index (χ2n) is 5.87. The molecule has 1 aromatic carbocycles. The van der Waals surface area contributed by atoms with Gasteiger partial charge in [0.2, 0.25) is 5.88 Å². The number of pyridine rings is 1. The van der Waals surface area contributed by atoms with Crippen molar-refractivity contribution < 1.29 is 15.0 Å². The van der Waals surface area contributed by atoms with Crippen molar-refractivity contribution in [3.63, 3.8) is 0 Å². The van der Waals surface area contributed by atoms with Crippen LogP contribution < -0.4 is 0 Å². The molecule has 0 unspecified atom stereocenters. The maximum Gasteiger partial charge on any atom is 0.305 e. The Balaban J connectivity index is 1.88. The third-order valence-corrected chi connectivity index (χ3v) is 4.14. The average Bonchev–Trinajstić information content (AvgIpc) is 3.21. The van der Waals surface area contributed by atoms with Crippen molar-refractivity contribution in [3.05, 3.63) is 60.8 Å². The lowest BCUT2D eigenvalue weighted by Gasteiger charge is -2.01. The summed E-state index contributed by atoms with van der Waals surface area (Å²) >= 11 is 0. The molecule has 0 amide bonds. The van der Waals surface area contributed by atoms with Crippen LogP contribution in [-0.4, -0.2) is 35.6 Å². The zero-order chi connectivity index (χ0) is 18.1. The van der Waals surface area contributed by atoms with Crippen molar-refractivity contribution in [1.29, 1.82) is 0 Å². The summed E-state index contributed by atoms with van der Waals surface area (Å²) in [7, 11) is 0. The van der Waals surface area contributed by atoms with Gasteiger partial charge < -0.3 is 10.2 Å². The quantitative estimate of drug-likeness (QED) is 0.578. The number of aromatic hydroxyl groups is 1. The molecule has 4 aromatic rings. The molecular formula is C19H16N4O3. The van der Waals surface area contributed by atoms with Gasteiger partial charge in [-0.15, -0.1) is 0 Å². The fourth-order valence-corrected chi connectivity index (χ4v) is 2.94. The average molecular weight is 348 g/mol. The molecule has 3 aromatic heterocycles. The Morgan fingerprint density at radius 1 is 1.04 bits per heavy atom. The van der Waals surface area contributed by atoms with E-state index in [1.807, 2.05) is 54.7 Å². The topological polar surface area (TPSA) is 92.6 Å². The number of carboxylic acids is 1. The lowest BCUT2D eigenvalue weighted by atomic mass is 10.0. The van der Waals surface area contributed by atoms with Crippen molar-refractivity contribution in [2.24, 2.45) is 0 Å². The maximum absolute atomic E-state index is 10.8. The fourth-order valence-electron chi connectivity index (χ4n) is 2.94. The highest BCUT2D eigenvalue weighted by Gasteiger charge is 2.20. The normalized spacial score (nSPS) is 11.1. The molecule has 0 radical (unpaired) electrons. The van der Waals surface area contributed by atoms with Crippen molar-refractivity contribution in [2.75, 3.05) is 0 Å². The van der Waals surface area contributed by atoms with Gasteiger partial charge in [-0.05, 0) is 12.1 Å². The molecule has 0 aliphatic rings. The summed E-state index contributed by atoms with van der Waals surface area (Å²) in [6.07, 6.45) is 1.74. The van der Waals surface area contributed by atoms with Gasteiger partial charge in [0.25, 0.3) is 0 Å². The van der Waals surface area contributed by atoms with Gasteiger partial charge >= 0.3 is 5.97 Å².